The highest BCUT2D eigenvalue weighted by Crippen LogP contribution is 2.27. The summed E-state index contributed by atoms with van der Waals surface area (Å²) in [7, 11) is 0. The molecule has 0 aliphatic carbocycles. The molecule has 1 aromatic carbocycles. The summed E-state index contributed by atoms with van der Waals surface area (Å²) in [5.41, 5.74) is 1.50. The van der Waals surface area contributed by atoms with Crippen molar-refractivity contribution in [3.05, 3.63) is 33.9 Å². The quantitative estimate of drug-likeness (QED) is 0.651. The SMILES string of the molecule is O=C(O)NCc1cc([N+](=O)[O-])ccc1N1CCCCC1. The third-order valence-corrected chi connectivity index (χ3v) is 3.40. The van der Waals surface area contributed by atoms with Gasteiger partial charge in [-0.2, -0.15) is 0 Å². The highest BCUT2D eigenvalue weighted by molar-refractivity contribution is 5.66. The van der Waals surface area contributed by atoms with Crippen molar-refractivity contribution in [3.8, 4) is 0 Å². The van der Waals surface area contributed by atoms with Gasteiger partial charge in [-0.05, 0) is 25.3 Å². The van der Waals surface area contributed by atoms with Crippen molar-refractivity contribution in [2.45, 2.75) is 25.8 Å². The molecule has 0 unspecified atom stereocenters. The Hall–Kier alpha value is -2.31. The van der Waals surface area contributed by atoms with Gasteiger partial charge in [0, 0.05) is 43.0 Å². The second-order valence-electron chi connectivity index (χ2n) is 4.78. The van der Waals surface area contributed by atoms with Crippen molar-refractivity contribution >= 4 is 17.5 Å². The number of hydrogen-bond donors (Lipinski definition) is 2. The van der Waals surface area contributed by atoms with E-state index in [4.69, 9.17) is 5.11 Å². The van der Waals surface area contributed by atoms with E-state index in [1.54, 1.807) is 6.07 Å². The van der Waals surface area contributed by atoms with Gasteiger partial charge in [-0.15, -0.1) is 0 Å². The molecule has 7 nitrogen and oxygen atoms in total. The van der Waals surface area contributed by atoms with Crippen molar-refractivity contribution in [2.24, 2.45) is 0 Å². The van der Waals surface area contributed by atoms with Crippen LogP contribution in [0.2, 0.25) is 0 Å². The number of non-ortho nitro benzene ring substituents is 1. The lowest BCUT2D eigenvalue weighted by Gasteiger charge is -2.30. The van der Waals surface area contributed by atoms with E-state index in [0.29, 0.717) is 5.56 Å². The summed E-state index contributed by atoms with van der Waals surface area (Å²) < 4.78 is 0. The number of carbonyl (C=O) groups is 1. The van der Waals surface area contributed by atoms with E-state index in [9.17, 15) is 14.9 Å². The normalized spacial score (nSPS) is 14.9. The van der Waals surface area contributed by atoms with Crippen LogP contribution in [-0.2, 0) is 6.54 Å². The maximum absolute atomic E-state index is 10.8. The summed E-state index contributed by atoms with van der Waals surface area (Å²) in [4.78, 5) is 23.1. The highest BCUT2D eigenvalue weighted by atomic mass is 16.6. The maximum atomic E-state index is 10.8. The molecule has 7 heteroatoms. The Labute approximate surface area is 116 Å². The van der Waals surface area contributed by atoms with E-state index >= 15 is 0 Å². The summed E-state index contributed by atoms with van der Waals surface area (Å²) in [6, 6.07) is 4.62. The summed E-state index contributed by atoms with van der Waals surface area (Å²) in [5.74, 6) is 0. The average molecular weight is 279 g/mol. The van der Waals surface area contributed by atoms with Gasteiger partial charge < -0.3 is 15.3 Å². The van der Waals surface area contributed by atoms with Crippen molar-refractivity contribution in [2.75, 3.05) is 18.0 Å². The molecule has 0 bridgehead atoms. The van der Waals surface area contributed by atoms with Gasteiger partial charge in [0.2, 0.25) is 0 Å². The molecule has 1 aliphatic heterocycles. The number of piperidine rings is 1. The van der Waals surface area contributed by atoms with E-state index in [0.717, 1.165) is 31.6 Å². The van der Waals surface area contributed by atoms with E-state index < -0.39 is 11.0 Å². The van der Waals surface area contributed by atoms with Gasteiger partial charge in [0.15, 0.2) is 0 Å². The summed E-state index contributed by atoms with van der Waals surface area (Å²) in [6.45, 7) is 1.87. The molecule has 108 valence electrons. The van der Waals surface area contributed by atoms with E-state index in [2.05, 4.69) is 10.2 Å². The number of benzene rings is 1. The molecule has 1 amide bonds. The molecule has 0 atom stereocenters. The molecule has 0 aromatic heterocycles. The lowest BCUT2D eigenvalue weighted by Crippen LogP contribution is -2.31. The molecule has 1 aliphatic rings. The minimum absolute atomic E-state index is 0.0204. The number of nitrogens with one attached hydrogen (secondary N) is 1. The first-order valence-electron chi connectivity index (χ1n) is 6.57. The van der Waals surface area contributed by atoms with Gasteiger partial charge in [-0.3, -0.25) is 10.1 Å². The van der Waals surface area contributed by atoms with Gasteiger partial charge in [0.1, 0.15) is 0 Å². The zero-order valence-electron chi connectivity index (χ0n) is 11.0. The third-order valence-electron chi connectivity index (χ3n) is 3.40. The highest BCUT2D eigenvalue weighted by Gasteiger charge is 2.17. The Bertz CT molecular complexity index is 512. The predicted octanol–water partition coefficient (Wildman–Crippen LogP) is 2.35. The number of anilines is 1. The number of amides is 1. The molecular formula is C13H17N3O4. The van der Waals surface area contributed by atoms with E-state index in [-0.39, 0.29) is 12.2 Å². The smallest absolute Gasteiger partial charge is 0.404 e. The fourth-order valence-corrected chi connectivity index (χ4v) is 2.44. The van der Waals surface area contributed by atoms with E-state index in [1.807, 2.05) is 0 Å². The summed E-state index contributed by atoms with van der Waals surface area (Å²) in [6.07, 6.45) is 2.22. The van der Waals surface area contributed by atoms with Crippen LogP contribution in [-0.4, -0.2) is 29.2 Å². The zero-order valence-corrected chi connectivity index (χ0v) is 11.0. The fourth-order valence-electron chi connectivity index (χ4n) is 2.44. The van der Waals surface area contributed by atoms with Crippen LogP contribution in [0.4, 0.5) is 16.2 Å². The predicted molar refractivity (Wildman–Crippen MR) is 74.0 cm³/mol. The molecule has 1 aromatic rings. The number of hydrogen-bond acceptors (Lipinski definition) is 4. The Morgan fingerprint density at radius 1 is 1.35 bits per heavy atom. The average Bonchev–Trinajstić information content (AvgIpc) is 2.45. The van der Waals surface area contributed by atoms with E-state index in [1.165, 1.54) is 18.6 Å². The van der Waals surface area contributed by atoms with Crippen LogP contribution in [0.5, 0.6) is 0 Å². The Kier molecular flexibility index (Phi) is 4.39. The second-order valence-corrected chi connectivity index (χ2v) is 4.78. The largest absolute Gasteiger partial charge is 0.465 e. The van der Waals surface area contributed by atoms with Gasteiger partial charge in [0.05, 0.1) is 4.92 Å². The molecule has 0 radical (unpaired) electrons. The van der Waals surface area contributed by atoms with Crippen LogP contribution in [0.3, 0.4) is 0 Å². The molecule has 2 N–H and O–H groups in total. The fraction of sp³-hybridized carbons (Fsp3) is 0.462. The third kappa shape index (κ3) is 3.37. The number of rotatable bonds is 4. The van der Waals surface area contributed by atoms with Crippen LogP contribution < -0.4 is 10.2 Å². The molecule has 0 spiro atoms. The molecule has 2 rings (SSSR count). The number of nitro groups is 1. The zero-order chi connectivity index (χ0) is 14.5. The van der Waals surface area contributed by atoms with Crippen molar-refractivity contribution < 1.29 is 14.8 Å². The molecule has 0 saturated carbocycles. The van der Waals surface area contributed by atoms with Crippen molar-refractivity contribution in [1.29, 1.82) is 0 Å². The van der Waals surface area contributed by atoms with Gasteiger partial charge in [0.25, 0.3) is 5.69 Å². The van der Waals surface area contributed by atoms with Crippen molar-refractivity contribution in [3.63, 3.8) is 0 Å². The molecule has 20 heavy (non-hydrogen) atoms. The summed E-state index contributed by atoms with van der Waals surface area (Å²) in [5, 5.41) is 21.8. The maximum Gasteiger partial charge on any atom is 0.404 e. The van der Waals surface area contributed by atoms with Gasteiger partial charge >= 0.3 is 6.09 Å². The number of nitro benzene ring substituents is 1. The Balaban J connectivity index is 2.27. The van der Waals surface area contributed by atoms with Gasteiger partial charge in [-0.1, -0.05) is 0 Å². The molecular weight excluding hydrogens is 262 g/mol. The van der Waals surface area contributed by atoms with Crippen LogP contribution >= 0.6 is 0 Å². The van der Waals surface area contributed by atoms with Crippen LogP contribution in [0.1, 0.15) is 24.8 Å². The first-order chi connectivity index (χ1) is 9.58. The monoisotopic (exact) mass is 279 g/mol. The Morgan fingerprint density at radius 3 is 2.65 bits per heavy atom. The van der Waals surface area contributed by atoms with Crippen LogP contribution in [0.25, 0.3) is 0 Å². The number of nitrogens with zero attached hydrogens (tertiary/aromatic N) is 2. The minimum Gasteiger partial charge on any atom is -0.465 e. The summed E-state index contributed by atoms with van der Waals surface area (Å²) >= 11 is 0. The van der Waals surface area contributed by atoms with Gasteiger partial charge in [-0.25, -0.2) is 4.79 Å². The Morgan fingerprint density at radius 2 is 2.05 bits per heavy atom. The second kappa shape index (κ2) is 6.23. The first kappa shape index (κ1) is 14.1. The number of carboxylic acid groups (broad SMARTS) is 1. The lowest BCUT2D eigenvalue weighted by atomic mass is 10.1. The molecule has 1 heterocycles. The van der Waals surface area contributed by atoms with Crippen molar-refractivity contribution in [1.82, 2.24) is 5.32 Å². The van der Waals surface area contributed by atoms with Crippen LogP contribution in [0.15, 0.2) is 18.2 Å². The van der Waals surface area contributed by atoms with Crippen LogP contribution in [0, 0.1) is 10.1 Å². The topological polar surface area (TPSA) is 95.7 Å². The minimum atomic E-state index is -1.14. The lowest BCUT2D eigenvalue weighted by molar-refractivity contribution is -0.384. The molecule has 1 saturated heterocycles. The standard InChI is InChI=1S/C13H17N3O4/c17-13(18)14-9-10-8-11(16(19)20)4-5-12(10)15-6-2-1-3-7-15/h4-5,8,14H,1-3,6-7,9H2,(H,17,18). The first-order valence-corrected chi connectivity index (χ1v) is 6.57. The molecule has 1 fully saturated rings.